The van der Waals surface area contributed by atoms with Gasteiger partial charge in [0.15, 0.2) is 17.5 Å². The Hall–Kier alpha value is -8.49. The van der Waals surface area contributed by atoms with Crippen LogP contribution in [-0.2, 0) is 0 Å². The Morgan fingerprint density at radius 2 is 0.730 bits per heavy atom. The third-order valence-corrected chi connectivity index (χ3v) is 11.3. The summed E-state index contributed by atoms with van der Waals surface area (Å²) in [5.41, 5.74) is 12.9. The molecule has 298 valence electrons. The summed E-state index contributed by atoms with van der Waals surface area (Å²) in [7, 11) is 0. The third kappa shape index (κ3) is 7.19. The highest BCUT2D eigenvalue weighted by molar-refractivity contribution is 6.11. The molecule has 0 fully saturated rings. The van der Waals surface area contributed by atoms with Crippen molar-refractivity contribution >= 4 is 21.8 Å². The zero-order valence-corrected chi connectivity index (χ0v) is 34.6. The summed E-state index contributed by atoms with van der Waals surface area (Å²) < 4.78 is 2.33. The highest BCUT2D eigenvalue weighted by Gasteiger charge is 2.21. The second-order valence-electron chi connectivity index (χ2n) is 15.5. The van der Waals surface area contributed by atoms with E-state index in [1.165, 1.54) is 0 Å². The van der Waals surface area contributed by atoms with Crippen LogP contribution >= 0.6 is 0 Å². The number of rotatable bonds is 8. The van der Waals surface area contributed by atoms with E-state index >= 15 is 0 Å². The summed E-state index contributed by atoms with van der Waals surface area (Å²) in [6, 6.07) is 66.6. The summed E-state index contributed by atoms with van der Waals surface area (Å²) >= 11 is 0. The molecule has 0 aliphatic carbocycles. The van der Waals surface area contributed by atoms with Crippen molar-refractivity contribution < 1.29 is 0 Å². The molecular weight excluding hydrogens is 773 g/mol. The molecule has 11 rings (SSSR count). The summed E-state index contributed by atoms with van der Waals surface area (Å²) in [4.78, 5) is 34.9. The van der Waals surface area contributed by atoms with Crippen molar-refractivity contribution in [3.05, 3.63) is 206 Å². The second kappa shape index (κ2) is 15.8. The molecular formula is C55H38N8. The minimum Gasteiger partial charge on any atom is -0.309 e. The third-order valence-electron chi connectivity index (χ3n) is 11.3. The molecule has 0 aliphatic rings. The number of nitrogens with zero attached hydrogens (tertiary/aromatic N) is 8. The molecule has 4 heterocycles. The fourth-order valence-corrected chi connectivity index (χ4v) is 8.34. The first-order valence-corrected chi connectivity index (χ1v) is 20.9. The Bertz CT molecular complexity index is 3320. The number of hydrogen-bond acceptors (Lipinski definition) is 7. The van der Waals surface area contributed by atoms with Gasteiger partial charge >= 0.3 is 0 Å². The van der Waals surface area contributed by atoms with Crippen molar-refractivity contribution in [1.29, 1.82) is 0 Å². The maximum atomic E-state index is 5.38. The van der Waals surface area contributed by atoms with Crippen LogP contribution in [-0.4, -0.2) is 39.5 Å². The summed E-state index contributed by atoms with van der Waals surface area (Å²) in [6.45, 7) is 3.80. The molecule has 0 atom stereocenters. The molecule has 11 aromatic rings. The Morgan fingerprint density at radius 3 is 1.32 bits per heavy atom. The Labute approximate surface area is 364 Å². The first kappa shape index (κ1) is 37.5. The van der Waals surface area contributed by atoms with Crippen LogP contribution in [0.5, 0.6) is 0 Å². The molecule has 0 aliphatic heterocycles. The van der Waals surface area contributed by atoms with Gasteiger partial charge in [0.25, 0.3) is 0 Å². The van der Waals surface area contributed by atoms with Crippen molar-refractivity contribution in [3.63, 3.8) is 0 Å². The minimum atomic E-state index is 0.610. The zero-order valence-electron chi connectivity index (χ0n) is 34.6. The van der Waals surface area contributed by atoms with Crippen LogP contribution in [0.3, 0.4) is 0 Å². The molecule has 7 aromatic carbocycles. The molecule has 0 saturated heterocycles. The maximum absolute atomic E-state index is 5.38. The van der Waals surface area contributed by atoms with Gasteiger partial charge in [-0.1, -0.05) is 140 Å². The minimum absolute atomic E-state index is 0.610. The smallest absolute Gasteiger partial charge is 0.163 e. The number of para-hydroxylation sites is 1. The molecule has 0 radical (unpaired) electrons. The molecule has 0 saturated carbocycles. The number of aryl methyl sites for hydroxylation is 2. The lowest BCUT2D eigenvalue weighted by molar-refractivity contribution is 0.929. The van der Waals surface area contributed by atoms with Gasteiger partial charge in [-0.2, -0.15) is 0 Å². The average Bonchev–Trinajstić information content (AvgIpc) is 3.68. The number of benzene rings is 7. The fraction of sp³-hybridized carbons (Fsp3) is 0.0364. The summed E-state index contributed by atoms with van der Waals surface area (Å²) in [5, 5.41) is 2.19. The van der Waals surface area contributed by atoms with Crippen molar-refractivity contribution in [2.75, 3.05) is 0 Å². The van der Waals surface area contributed by atoms with Crippen LogP contribution in [0.1, 0.15) is 11.6 Å². The van der Waals surface area contributed by atoms with Gasteiger partial charge in [0, 0.05) is 49.7 Å². The molecule has 0 amide bonds. The maximum Gasteiger partial charge on any atom is 0.163 e. The van der Waals surface area contributed by atoms with E-state index in [1.807, 2.05) is 86.6 Å². The zero-order chi connectivity index (χ0) is 42.3. The Morgan fingerprint density at radius 1 is 0.302 bits per heavy atom. The van der Waals surface area contributed by atoms with Gasteiger partial charge < -0.3 is 4.57 Å². The van der Waals surface area contributed by atoms with E-state index in [0.29, 0.717) is 29.1 Å². The molecule has 8 heteroatoms. The summed E-state index contributed by atoms with van der Waals surface area (Å²) in [5.74, 6) is 3.27. The summed E-state index contributed by atoms with van der Waals surface area (Å²) in [6.07, 6.45) is 0. The topological polar surface area (TPSA) is 95.2 Å². The molecule has 8 nitrogen and oxygen atoms in total. The normalized spacial score (nSPS) is 11.3. The quantitative estimate of drug-likeness (QED) is 0.151. The van der Waals surface area contributed by atoms with Crippen molar-refractivity contribution in [2.24, 2.45) is 0 Å². The molecule has 0 spiro atoms. The van der Waals surface area contributed by atoms with E-state index in [9.17, 15) is 0 Å². The predicted octanol–water partition coefficient (Wildman–Crippen LogP) is 12.8. The standard InChI is InChI=1S/C55H38N8/c1-35-56-36(2)58-54(57-35)41-27-29-51-44(31-41)43-25-15-16-26-50(43)63(51)52-30-28-42(55-60-46(37-17-7-3-8-18-37)33-47(61-55)38-19-9-4-10-20-38)32-45(52)49-34-48(39-21-11-5-12-22-39)59-53(62-49)40-23-13-6-14-24-40/h3-34H,1-2H3. The highest BCUT2D eigenvalue weighted by Crippen LogP contribution is 2.40. The fourth-order valence-electron chi connectivity index (χ4n) is 8.34. The first-order valence-electron chi connectivity index (χ1n) is 20.9. The largest absolute Gasteiger partial charge is 0.309 e. The van der Waals surface area contributed by atoms with Gasteiger partial charge in [0.05, 0.1) is 39.5 Å². The average molecular weight is 811 g/mol. The van der Waals surface area contributed by atoms with Gasteiger partial charge in [-0.05, 0) is 68.4 Å². The lowest BCUT2D eigenvalue weighted by Crippen LogP contribution is -2.02. The van der Waals surface area contributed by atoms with Crippen LogP contribution in [0, 0.1) is 13.8 Å². The molecule has 0 N–H and O–H groups in total. The van der Waals surface area contributed by atoms with Crippen LogP contribution < -0.4 is 0 Å². The predicted molar refractivity (Wildman–Crippen MR) is 253 cm³/mol. The van der Waals surface area contributed by atoms with Gasteiger partial charge in [-0.15, -0.1) is 0 Å². The number of aromatic nitrogens is 8. The number of hydrogen-bond donors (Lipinski definition) is 0. The molecule has 0 bridgehead atoms. The Balaban J connectivity index is 1.19. The van der Waals surface area contributed by atoms with E-state index in [0.717, 1.165) is 89.2 Å². The van der Waals surface area contributed by atoms with E-state index in [2.05, 4.69) is 131 Å². The van der Waals surface area contributed by atoms with Crippen molar-refractivity contribution in [3.8, 4) is 84.9 Å². The van der Waals surface area contributed by atoms with Gasteiger partial charge in [0.2, 0.25) is 0 Å². The second-order valence-corrected chi connectivity index (χ2v) is 15.5. The van der Waals surface area contributed by atoms with Gasteiger partial charge in [-0.25, -0.2) is 34.9 Å². The van der Waals surface area contributed by atoms with Gasteiger partial charge in [0.1, 0.15) is 11.6 Å². The lowest BCUT2D eigenvalue weighted by atomic mass is 10.0. The van der Waals surface area contributed by atoms with Crippen LogP contribution in [0.15, 0.2) is 194 Å². The van der Waals surface area contributed by atoms with Crippen molar-refractivity contribution in [1.82, 2.24) is 39.5 Å². The van der Waals surface area contributed by atoms with E-state index < -0.39 is 0 Å². The van der Waals surface area contributed by atoms with E-state index in [1.54, 1.807) is 0 Å². The molecule has 4 aromatic heterocycles. The van der Waals surface area contributed by atoms with Gasteiger partial charge in [-0.3, -0.25) is 0 Å². The Kier molecular flexibility index (Phi) is 9.43. The first-order chi connectivity index (χ1) is 31.0. The van der Waals surface area contributed by atoms with E-state index in [-0.39, 0.29) is 0 Å². The van der Waals surface area contributed by atoms with Crippen LogP contribution in [0.4, 0.5) is 0 Å². The highest BCUT2D eigenvalue weighted by atomic mass is 15.0. The van der Waals surface area contributed by atoms with Crippen LogP contribution in [0.2, 0.25) is 0 Å². The SMILES string of the molecule is Cc1nc(C)nc(-c2ccc3c(c2)c2ccccc2n3-c2ccc(-c3nc(-c4ccccc4)cc(-c4ccccc4)n3)cc2-c2cc(-c3ccccc3)nc(-c3ccccc3)n2)n1. The monoisotopic (exact) mass is 810 g/mol. The number of fused-ring (bicyclic) bond motifs is 3. The van der Waals surface area contributed by atoms with E-state index in [4.69, 9.17) is 29.9 Å². The van der Waals surface area contributed by atoms with Crippen LogP contribution in [0.25, 0.3) is 107 Å². The lowest BCUT2D eigenvalue weighted by Gasteiger charge is -2.17. The van der Waals surface area contributed by atoms with Crippen molar-refractivity contribution in [2.45, 2.75) is 13.8 Å². The molecule has 0 unspecified atom stereocenters. The molecule has 63 heavy (non-hydrogen) atoms.